The Morgan fingerprint density at radius 3 is 2.49 bits per heavy atom. The summed E-state index contributed by atoms with van der Waals surface area (Å²) in [6.07, 6.45) is 2.41. The van der Waals surface area contributed by atoms with E-state index >= 15 is 0 Å². The number of anilines is 2. The Morgan fingerprint density at radius 1 is 1.00 bits per heavy atom. The van der Waals surface area contributed by atoms with E-state index in [0.717, 1.165) is 80.9 Å². The van der Waals surface area contributed by atoms with E-state index in [2.05, 4.69) is 33.1 Å². The van der Waals surface area contributed by atoms with Gasteiger partial charge in [0, 0.05) is 55.8 Å². The zero-order valence-electron chi connectivity index (χ0n) is 19.8. The highest BCUT2D eigenvalue weighted by Crippen LogP contribution is 2.32. The Bertz CT molecular complexity index is 944. The van der Waals surface area contributed by atoms with Gasteiger partial charge in [0.2, 0.25) is 0 Å². The van der Waals surface area contributed by atoms with Crippen molar-refractivity contribution < 1.29 is 17.9 Å². The molecule has 2 aromatic rings. The average Bonchev–Trinajstić information content (AvgIpc) is 2.85. The van der Waals surface area contributed by atoms with Crippen LogP contribution in [0.25, 0.3) is 11.1 Å². The quantitative estimate of drug-likeness (QED) is 0.359. The molecule has 0 atom stereocenters. The number of pyridine rings is 1. The predicted octanol–water partition coefficient (Wildman–Crippen LogP) is 6.51. The van der Waals surface area contributed by atoms with E-state index in [1.54, 1.807) is 6.20 Å². The average molecular weight is 511 g/mol. The predicted molar refractivity (Wildman–Crippen MR) is 135 cm³/mol. The molecular formula is C26H34ClF3N4O. The summed E-state index contributed by atoms with van der Waals surface area (Å²) in [7, 11) is 0. The van der Waals surface area contributed by atoms with Crippen molar-refractivity contribution in [2.75, 3.05) is 36.9 Å². The lowest BCUT2D eigenvalue weighted by Crippen LogP contribution is -2.38. The molecular weight excluding hydrogens is 477 g/mol. The molecule has 0 radical (unpaired) electrons. The number of nitrogens with one attached hydrogen (secondary N) is 3. The first-order valence-corrected chi connectivity index (χ1v) is 12.9. The van der Waals surface area contributed by atoms with Gasteiger partial charge in [0.1, 0.15) is 5.82 Å². The minimum atomic E-state index is -4.11. The van der Waals surface area contributed by atoms with Crippen LogP contribution in [-0.2, 0) is 4.74 Å². The Kier molecular flexibility index (Phi) is 9.14. The first-order valence-electron chi connectivity index (χ1n) is 12.5. The number of hydrogen-bond donors (Lipinski definition) is 3. The highest BCUT2D eigenvalue weighted by Gasteiger charge is 2.27. The van der Waals surface area contributed by atoms with Crippen molar-refractivity contribution in [3.63, 3.8) is 0 Å². The van der Waals surface area contributed by atoms with Crippen LogP contribution in [0.1, 0.15) is 44.9 Å². The van der Waals surface area contributed by atoms with Crippen LogP contribution in [0, 0.1) is 5.92 Å². The second-order valence-electron chi connectivity index (χ2n) is 9.58. The molecule has 35 heavy (non-hydrogen) atoms. The molecule has 3 N–H and O–H groups in total. The Labute approximate surface area is 210 Å². The lowest BCUT2D eigenvalue weighted by molar-refractivity contribution is -0.133. The monoisotopic (exact) mass is 510 g/mol. The smallest absolute Gasteiger partial charge is 0.385 e. The fourth-order valence-corrected chi connectivity index (χ4v) is 5.03. The maximum Gasteiger partial charge on any atom is 0.390 e. The third-order valence-corrected chi connectivity index (χ3v) is 7.19. The second-order valence-corrected chi connectivity index (χ2v) is 9.99. The van der Waals surface area contributed by atoms with Crippen LogP contribution >= 0.6 is 11.6 Å². The van der Waals surface area contributed by atoms with Gasteiger partial charge in [-0.05, 0) is 68.2 Å². The lowest BCUT2D eigenvalue weighted by Gasteiger charge is -2.30. The number of rotatable bonds is 9. The molecule has 1 aromatic heterocycles. The van der Waals surface area contributed by atoms with Crippen LogP contribution in [0.5, 0.6) is 0 Å². The van der Waals surface area contributed by atoms with E-state index in [9.17, 15) is 13.2 Å². The van der Waals surface area contributed by atoms with Gasteiger partial charge in [-0.25, -0.2) is 4.98 Å². The molecule has 0 spiro atoms. The summed E-state index contributed by atoms with van der Waals surface area (Å²) in [4.78, 5) is 4.46. The normalized spacial score (nSPS) is 21.6. The summed E-state index contributed by atoms with van der Waals surface area (Å²) in [6, 6.07) is 10.6. The number of nitrogens with zero attached hydrogens (tertiary/aromatic N) is 1. The number of alkyl halides is 3. The molecule has 5 nitrogen and oxygen atoms in total. The van der Waals surface area contributed by atoms with Crippen LogP contribution in [0.15, 0.2) is 36.5 Å². The molecule has 0 amide bonds. The fourth-order valence-electron chi connectivity index (χ4n) is 4.82. The van der Waals surface area contributed by atoms with Crippen LogP contribution < -0.4 is 16.0 Å². The van der Waals surface area contributed by atoms with Crippen molar-refractivity contribution in [2.24, 2.45) is 5.92 Å². The van der Waals surface area contributed by atoms with Gasteiger partial charge in [0.25, 0.3) is 0 Å². The minimum absolute atomic E-state index is 0.0165. The SMILES string of the molecule is FC(F)(F)CCNC1CCC(Nc2cc(-c3cccc(NCC4CCOCC4)c3)c(Cl)cn2)CC1. The molecule has 1 aliphatic carbocycles. The highest BCUT2D eigenvalue weighted by atomic mass is 35.5. The summed E-state index contributed by atoms with van der Waals surface area (Å²) < 4.78 is 42.5. The lowest BCUT2D eigenvalue weighted by atomic mass is 9.91. The molecule has 2 fully saturated rings. The summed E-state index contributed by atoms with van der Waals surface area (Å²) in [5, 5.41) is 10.7. The van der Waals surface area contributed by atoms with Crippen molar-refractivity contribution in [3.8, 4) is 11.1 Å². The third kappa shape index (κ3) is 8.26. The van der Waals surface area contributed by atoms with E-state index in [4.69, 9.17) is 16.3 Å². The van der Waals surface area contributed by atoms with E-state index in [1.807, 2.05) is 18.2 Å². The molecule has 4 rings (SSSR count). The van der Waals surface area contributed by atoms with Crippen LogP contribution in [0.4, 0.5) is 24.7 Å². The topological polar surface area (TPSA) is 58.2 Å². The number of aromatic nitrogens is 1. The third-order valence-electron chi connectivity index (χ3n) is 6.89. The van der Waals surface area contributed by atoms with Gasteiger partial charge in [-0.2, -0.15) is 13.2 Å². The zero-order chi connectivity index (χ0) is 24.7. The highest BCUT2D eigenvalue weighted by molar-refractivity contribution is 6.33. The molecule has 1 saturated heterocycles. The number of ether oxygens (including phenoxy) is 1. The summed E-state index contributed by atoms with van der Waals surface area (Å²) in [6.45, 7) is 2.59. The van der Waals surface area contributed by atoms with Gasteiger partial charge in [0.15, 0.2) is 0 Å². The maximum absolute atomic E-state index is 12.4. The summed E-state index contributed by atoms with van der Waals surface area (Å²) in [5.74, 6) is 1.39. The van der Waals surface area contributed by atoms with Crippen LogP contribution in [0.3, 0.4) is 0 Å². The van der Waals surface area contributed by atoms with E-state index in [-0.39, 0.29) is 18.6 Å². The van der Waals surface area contributed by atoms with Crippen molar-refractivity contribution in [1.82, 2.24) is 10.3 Å². The van der Waals surface area contributed by atoms with Crippen molar-refractivity contribution >= 4 is 23.1 Å². The van der Waals surface area contributed by atoms with Crippen molar-refractivity contribution in [3.05, 3.63) is 41.6 Å². The number of halogens is 4. The van der Waals surface area contributed by atoms with Gasteiger partial charge in [-0.1, -0.05) is 23.7 Å². The Morgan fingerprint density at radius 2 is 1.74 bits per heavy atom. The summed E-state index contributed by atoms with van der Waals surface area (Å²) in [5.41, 5.74) is 3.00. The van der Waals surface area contributed by atoms with E-state index in [1.165, 1.54) is 0 Å². The number of hydrogen-bond acceptors (Lipinski definition) is 5. The Hall–Kier alpha value is -2.03. The molecule has 1 saturated carbocycles. The molecule has 2 aliphatic rings. The van der Waals surface area contributed by atoms with Crippen molar-refractivity contribution in [1.29, 1.82) is 0 Å². The van der Waals surface area contributed by atoms with Gasteiger partial charge in [-0.15, -0.1) is 0 Å². The Balaban J connectivity index is 1.31. The molecule has 0 bridgehead atoms. The second kappa shape index (κ2) is 12.3. The summed E-state index contributed by atoms with van der Waals surface area (Å²) >= 11 is 6.51. The molecule has 0 unspecified atom stereocenters. The molecule has 192 valence electrons. The van der Waals surface area contributed by atoms with Gasteiger partial charge >= 0.3 is 6.18 Å². The van der Waals surface area contributed by atoms with Gasteiger partial charge < -0.3 is 20.7 Å². The van der Waals surface area contributed by atoms with Crippen molar-refractivity contribution in [2.45, 2.75) is 63.2 Å². The molecule has 9 heteroatoms. The minimum Gasteiger partial charge on any atom is -0.385 e. The first-order chi connectivity index (χ1) is 16.9. The molecule has 1 aromatic carbocycles. The van der Waals surface area contributed by atoms with E-state index < -0.39 is 12.6 Å². The molecule has 2 heterocycles. The van der Waals surface area contributed by atoms with E-state index in [0.29, 0.717) is 10.9 Å². The fraction of sp³-hybridized carbons (Fsp3) is 0.577. The van der Waals surface area contributed by atoms with Gasteiger partial charge in [-0.3, -0.25) is 0 Å². The van der Waals surface area contributed by atoms with Gasteiger partial charge in [0.05, 0.1) is 11.4 Å². The standard InChI is InChI=1S/C26H34ClF3N4O/c27-24-17-33-25(34-21-6-4-20(5-7-21)31-11-10-26(28,29)30)15-23(24)19-2-1-3-22(14-19)32-16-18-8-12-35-13-9-18/h1-3,14-15,17-18,20-21,31-32H,4-13,16H2,(H,33,34). The zero-order valence-corrected chi connectivity index (χ0v) is 20.6. The van der Waals surface area contributed by atoms with Crippen LogP contribution in [-0.4, -0.2) is 49.5 Å². The largest absolute Gasteiger partial charge is 0.390 e. The maximum atomic E-state index is 12.4. The first kappa shape index (κ1) is 26.0. The molecule has 1 aliphatic heterocycles. The van der Waals surface area contributed by atoms with Crippen LogP contribution in [0.2, 0.25) is 5.02 Å². The number of benzene rings is 1.